The maximum Gasteiger partial charge on any atom is 0.407 e. The van der Waals surface area contributed by atoms with E-state index in [1.165, 1.54) is 18.2 Å². The Morgan fingerprint density at radius 2 is 1.94 bits per heavy atom. The van der Waals surface area contributed by atoms with E-state index >= 15 is 0 Å². The molecular weight excluding hydrogens is 445 g/mol. The molecule has 2 aliphatic rings. The second kappa shape index (κ2) is 8.94. The number of rotatable bonds is 6. The molecule has 0 spiro atoms. The number of amides is 1. The molecule has 31 heavy (non-hydrogen) atoms. The van der Waals surface area contributed by atoms with Gasteiger partial charge in [-0.3, -0.25) is 4.99 Å². The molecule has 0 fully saturated rings. The molecule has 0 unspecified atom stereocenters. The summed E-state index contributed by atoms with van der Waals surface area (Å²) in [6.07, 6.45) is 4.03. The van der Waals surface area contributed by atoms with Crippen molar-refractivity contribution in [2.75, 3.05) is 13.1 Å². The number of benzene rings is 1. The van der Waals surface area contributed by atoms with E-state index in [1.807, 2.05) is 0 Å². The van der Waals surface area contributed by atoms with Crippen LogP contribution in [0.4, 0.5) is 9.18 Å². The smallest absolute Gasteiger partial charge is 0.407 e. The summed E-state index contributed by atoms with van der Waals surface area (Å²) in [4.78, 5) is 15.9. The fourth-order valence-electron chi connectivity index (χ4n) is 3.01. The van der Waals surface area contributed by atoms with Gasteiger partial charge >= 0.3 is 6.09 Å². The maximum atomic E-state index is 13.5. The van der Waals surface area contributed by atoms with Gasteiger partial charge in [0.1, 0.15) is 11.4 Å². The molecule has 7 nitrogen and oxygen atoms in total. The Morgan fingerprint density at radius 1 is 1.19 bits per heavy atom. The Bertz CT molecular complexity index is 1130. The van der Waals surface area contributed by atoms with Gasteiger partial charge in [0, 0.05) is 41.9 Å². The zero-order valence-corrected chi connectivity index (χ0v) is 18.9. The van der Waals surface area contributed by atoms with E-state index in [9.17, 15) is 17.6 Å². The highest BCUT2D eigenvalue weighted by Crippen LogP contribution is 2.35. The highest BCUT2D eigenvalue weighted by molar-refractivity contribution is 7.89. The molecule has 0 radical (unpaired) electrons. The predicted molar refractivity (Wildman–Crippen MR) is 118 cm³/mol. The van der Waals surface area contributed by atoms with E-state index in [2.05, 4.69) is 15.0 Å². The van der Waals surface area contributed by atoms with Crippen molar-refractivity contribution in [3.05, 3.63) is 58.5 Å². The number of fused-ring (bicyclic) bond motifs is 1. The number of halogens is 2. The summed E-state index contributed by atoms with van der Waals surface area (Å²) in [5, 5.41) is 2.72. The highest BCUT2D eigenvalue weighted by atomic mass is 35.5. The van der Waals surface area contributed by atoms with E-state index in [1.54, 1.807) is 39.1 Å². The Balaban J connectivity index is 1.69. The van der Waals surface area contributed by atoms with Gasteiger partial charge in [-0.1, -0.05) is 11.6 Å². The third kappa shape index (κ3) is 6.03. The van der Waals surface area contributed by atoms with Crippen molar-refractivity contribution in [3.8, 4) is 0 Å². The molecule has 0 saturated heterocycles. The number of hydrogen-bond donors (Lipinski definition) is 2. The number of nitrogens with zero attached hydrogens (tertiary/aromatic N) is 1. The van der Waals surface area contributed by atoms with E-state index in [0.29, 0.717) is 16.8 Å². The number of ether oxygens (including phenoxy) is 1. The largest absolute Gasteiger partial charge is 0.444 e. The van der Waals surface area contributed by atoms with Gasteiger partial charge in [0.25, 0.3) is 0 Å². The van der Waals surface area contributed by atoms with Crippen molar-refractivity contribution in [1.82, 2.24) is 10.0 Å². The number of carbonyl (C=O) groups excluding carboxylic acids is 1. The molecule has 166 valence electrons. The summed E-state index contributed by atoms with van der Waals surface area (Å²) in [7, 11) is -3.89. The van der Waals surface area contributed by atoms with Crippen molar-refractivity contribution < 1.29 is 22.3 Å². The topological polar surface area (TPSA) is 96.9 Å². The molecule has 0 saturated carbocycles. The van der Waals surface area contributed by atoms with Gasteiger partial charge in [-0.15, -0.1) is 0 Å². The van der Waals surface area contributed by atoms with Crippen LogP contribution in [0.2, 0.25) is 5.02 Å². The lowest BCUT2D eigenvalue weighted by atomic mass is 9.93. The molecular formula is C21H23ClFN3O4S. The quantitative estimate of drug-likeness (QED) is 0.615. The van der Waals surface area contributed by atoms with Gasteiger partial charge < -0.3 is 10.1 Å². The summed E-state index contributed by atoms with van der Waals surface area (Å²) in [5.41, 5.74) is 1.91. The molecule has 1 aliphatic heterocycles. The Morgan fingerprint density at radius 3 is 2.65 bits per heavy atom. The average Bonchev–Trinajstić information content (AvgIpc) is 3.06. The Labute approximate surface area is 185 Å². The van der Waals surface area contributed by atoms with Crippen molar-refractivity contribution in [3.63, 3.8) is 0 Å². The number of aliphatic imine (C=N–C) groups is 1. The van der Waals surface area contributed by atoms with Gasteiger partial charge in [-0.2, -0.15) is 0 Å². The van der Waals surface area contributed by atoms with Crippen LogP contribution in [-0.2, 0) is 14.8 Å². The molecule has 1 heterocycles. The lowest BCUT2D eigenvalue weighted by Crippen LogP contribution is -2.37. The standard InChI is InChI=1S/C21H23ClFN3O4S/c1-21(2,3)30-20(27)24-6-7-26-31(28,29)16-9-13(8-14(22)10-16)18-12-25-19-11-15(23)4-5-17(18)19/h4-5,8-10,12,26H,6-7,11H2,1-3H3,(H,24,27). The van der Waals surface area contributed by atoms with Crippen LogP contribution >= 0.6 is 11.6 Å². The Kier molecular flexibility index (Phi) is 6.68. The molecule has 10 heteroatoms. The molecule has 1 aliphatic carbocycles. The van der Waals surface area contributed by atoms with Crippen LogP contribution in [0.5, 0.6) is 0 Å². The first-order valence-corrected chi connectivity index (χ1v) is 11.4. The van der Waals surface area contributed by atoms with Crippen LogP contribution in [0.3, 0.4) is 0 Å². The van der Waals surface area contributed by atoms with Crippen molar-refractivity contribution in [1.29, 1.82) is 0 Å². The van der Waals surface area contributed by atoms with Crippen LogP contribution in [0.15, 0.2) is 57.8 Å². The Hall–Kier alpha value is -2.49. The number of allylic oxidation sites excluding steroid dienone is 5. The van der Waals surface area contributed by atoms with E-state index < -0.39 is 21.7 Å². The number of hydrogen-bond acceptors (Lipinski definition) is 5. The molecule has 0 bridgehead atoms. The zero-order valence-electron chi connectivity index (χ0n) is 17.3. The van der Waals surface area contributed by atoms with Gasteiger partial charge in [-0.25, -0.2) is 22.3 Å². The fraction of sp³-hybridized carbons (Fsp3) is 0.333. The molecule has 0 aromatic heterocycles. The first-order valence-electron chi connectivity index (χ1n) is 9.56. The fourth-order valence-corrected chi connectivity index (χ4v) is 4.41. The molecule has 3 rings (SSSR count). The predicted octanol–water partition coefficient (Wildman–Crippen LogP) is 4.12. The third-order valence-corrected chi connectivity index (χ3v) is 5.95. The monoisotopic (exact) mass is 467 g/mol. The minimum absolute atomic E-state index is 0.0280. The zero-order chi connectivity index (χ0) is 22.8. The van der Waals surface area contributed by atoms with E-state index in [-0.39, 0.29) is 35.3 Å². The van der Waals surface area contributed by atoms with Gasteiger partial charge in [0.05, 0.1) is 10.6 Å². The van der Waals surface area contributed by atoms with Gasteiger partial charge in [-0.05, 0) is 56.7 Å². The summed E-state index contributed by atoms with van der Waals surface area (Å²) in [5.74, 6) is -0.282. The number of sulfonamides is 1. The van der Waals surface area contributed by atoms with Crippen molar-refractivity contribution in [2.45, 2.75) is 37.7 Å². The minimum atomic E-state index is -3.89. The molecule has 1 aromatic carbocycles. The van der Waals surface area contributed by atoms with Crippen LogP contribution in [-0.4, -0.2) is 38.9 Å². The number of carbonyl (C=O) groups is 1. The van der Waals surface area contributed by atoms with Crippen molar-refractivity contribution >= 4 is 39.0 Å². The van der Waals surface area contributed by atoms with Crippen LogP contribution in [0.1, 0.15) is 32.8 Å². The first kappa shape index (κ1) is 23.2. The molecule has 1 amide bonds. The van der Waals surface area contributed by atoms with Crippen LogP contribution in [0.25, 0.3) is 5.57 Å². The average molecular weight is 468 g/mol. The molecule has 2 N–H and O–H groups in total. The molecule has 1 aromatic rings. The SMILES string of the molecule is CC(C)(C)OC(=O)NCCNS(=O)(=O)c1cc(Cl)cc(C2=CN=C3CC(F)=CC=C23)c1. The summed E-state index contributed by atoms with van der Waals surface area (Å²) in [6, 6.07) is 4.44. The van der Waals surface area contributed by atoms with Gasteiger partial charge in [0.15, 0.2) is 0 Å². The first-order chi connectivity index (χ1) is 14.4. The highest BCUT2D eigenvalue weighted by Gasteiger charge is 2.24. The third-order valence-electron chi connectivity index (χ3n) is 4.30. The van der Waals surface area contributed by atoms with Crippen LogP contribution < -0.4 is 10.0 Å². The summed E-state index contributed by atoms with van der Waals surface area (Å²) >= 11 is 6.18. The van der Waals surface area contributed by atoms with E-state index in [0.717, 1.165) is 5.57 Å². The lowest BCUT2D eigenvalue weighted by Gasteiger charge is -2.19. The number of alkyl carbamates (subject to hydrolysis) is 1. The molecule has 0 atom stereocenters. The maximum absolute atomic E-state index is 13.5. The van der Waals surface area contributed by atoms with Crippen LogP contribution in [0, 0.1) is 0 Å². The summed E-state index contributed by atoms with van der Waals surface area (Å²) < 4.78 is 46.4. The second-order valence-corrected chi connectivity index (χ2v) is 10.2. The second-order valence-electron chi connectivity index (χ2n) is 7.99. The number of nitrogens with one attached hydrogen (secondary N) is 2. The summed E-state index contributed by atoms with van der Waals surface area (Å²) in [6.45, 7) is 5.21. The van der Waals surface area contributed by atoms with Crippen molar-refractivity contribution in [2.24, 2.45) is 4.99 Å². The minimum Gasteiger partial charge on any atom is -0.444 e. The normalized spacial score (nSPS) is 16.0. The van der Waals surface area contributed by atoms with E-state index in [4.69, 9.17) is 16.3 Å². The van der Waals surface area contributed by atoms with Gasteiger partial charge in [0.2, 0.25) is 10.0 Å². The lowest BCUT2D eigenvalue weighted by molar-refractivity contribution is 0.0529.